The lowest BCUT2D eigenvalue weighted by molar-refractivity contribution is -0.122. The second kappa shape index (κ2) is 7.73. The third kappa shape index (κ3) is 3.79. The fourth-order valence-electron chi connectivity index (χ4n) is 3.01. The SMILES string of the molecule is CC1Oc2ccc(NC(=O)CSc3cccc4cccc(Cl)c34)cc2NC1=O. The maximum atomic E-state index is 12.4. The number of carbonyl (C=O) groups excluding carboxylic acids is 2. The Morgan fingerprint density at radius 2 is 2.00 bits per heavy atom. The van der Waals surface area contributed by atoms with E-state index in [0.717, 1.165) is 15.7 Å². The lowest BCUT2D eigenvalue weighted by atomic mass is 10.1. The number of anilines is 2. The van der Waals surface area contributed by atoms with Gasteiger partial charge in [-0.05, 0) is 42.6 Å². The van der Waals surface area contributed by atoms with Crippen molar-refractivity contribution in [1.29, 1.82) is 0 Å². The first-order chi connectivity index (χ1) is 13.5. The molecule has 2 N–H and O–H groups in total. The minimum Gasteiger partial charge on any atom is -0.479 e. The Morgan fingerprint density at radius 1 is 1.21 bits per heavy atom. The quantitative estimate of drug-likeness (QED) is 0.595. The summed E-state index contributed by atoms with van der Waals surface area (Å²) in [6.07, 6.45) is -0.531. The molecule has 0 radical (unpaired) electrons. The molecule has 142 valence electrons. The van der Waals surface area contributed by atoms with Crippen molar-refractivity contribution < 1.29 is 14.3 Å². The van der Waals surface area contributed by atoms with Crippen LogP contribution in [0.5, 0.6) is 5.75 Å². The summed E-state index contributed by atoms with van der Waals surface area (Å²) >= 11 is 7.77. The van der Waals surface area contributed by atoms with Crippen LogP contribution in [0.2, 0.25) is 5.02 Å². The molecule has 0 fully saturated rings. The Hall–Kier alpha value is -2.70. The monoisotopic (exact) mass is 412 g/mol. The average Bonchev–Trinajstić information content (AvgIpc) is 2.67. The van der Waals surface area contributed by atoms with Crippen molar-refractivity contribution >= 4 is 57.3 Å². The molecular formula is C21H17ClN2O3S. The van der Waals surface area contributed by atoms with Crippen LogP contribution in [0.3, 0.4) is 0 Å². The third-order valence-electron chi connectivity index (χ3n) is 4.37. The molecule has 7 heteroatoms. The van der Waals surface area contributed by atoms with Crippen LogP contribution < -0.4 is 15.4 Å². The molecule has 0 bridgehead atoms. The van der Waals surface area contributed by atoms with Gasteiger partial charge in [-0.3, -0.25) is 9.59 Å². The van der Waals surface area contributed by atoms with Crippen LogP contribution in [-0.4, -0.2) is 23.7 Å². The van der Waals surface area contributed by atoms with Crippen LogP contribution in [-0.2, 0) is 9.59 Å². The highest BCUT2D eigenvalue weighted by Gasteiger charge is 2.23. The van der Waals surface area contributed by atoms with E-state index >= 15 is 0 Å². The zero-order chi connectivity index (χ0) is 19.7. The van der Waals surface area contributed by atoms with Gasteiger partial charge in [0.2, 0.25) is 5.91 Å². The Morgan fingerprint density at radius 3 is 2.82 bits per heavy atom. The molecule has 28 heavy (non-hydrogen) atoms. The molecule has 0 spiro atoms. The van der Waals surface area contributed by atoms with Crippen LogP contribution in [0.4, 0.5) is 11.4 Å². The molecule has 0 saturated heterocycles. The van der Waals surface area contributed by atoms with Crippen LogP contribution in [0, 0.1) is 0 Å². The number of thioether (sulfide) groups is 1. The first-order valence-electron chi connectivity index (χ1n) is 8.73. The summed E-state index contributed by atoms with van der Waals surface area (Å²) < 4.78 is 5.52. The fraction of sp³-hybridized carbons (Fsp3) is 0.143. The summed E-state index contributed by atoms with van der Waals surface area (Å²) in [5, 5.41) is 8.28. The molecule has 0 aliphatic carbocycles. The van der Waals surface area contributed by atoms with Crippen molar-refractivity contribution in [3.8, 4) is 5.75 Å². The molecule has 1 aliphatic heterocycles. The fourth-order valence-corrected chi connectivity index (χ4v) is 4.25. The van der Waals surface area contributed by atoms with Crippen LogP contribution >= 0.6 is 23.4 Å². The Labute approximate surface area is 171 Å². The van der Waals surface area contributed by atoms with Gasteiger partial charge in [-0.1, -0.05) is 35.9 Å². The predicted molar refractivity (Wildman–Crippen MR) is 113 cm³/mol. The number of hydrogen-bond acceptors (Lipinski definition) is 4. The molecule has 5 nitrogen and oxygen atoms in total. The molecule has 1 aliphatic rings. The molecular weight excluding hydrogens is 396 g/mol. The summed E-state index contributed by atoms with van der Waals surface area (Å²) in [5.74, 6) is 0.469. The number of rotatable bonds is 4. The number of fused-ring (bicyclic) bond motifs is 2. The van der Waals surface area contributed by atoms with Gasteiger partial charge in [0, 0.05) is 21.0 Å². The van der Waals surface area contributed by atoms with Gasteiger partial charge in [0.15, 0.2) is 6.10 Å². The van der Waals surface area contributed by atoms with Crippen molar-refractivity contribution in [3.63, 3.8) is 0 Å². The minimum atomic E-state index is -0.531. The smallest absolute Gasteiger partial charge is 0.265 e. The van der Waals surface area contributed by atoms with Crippen molar-refractivity contribution in [1.82, 2.24) is 0 Å². The predicted octanol–water partition coefficient (Wildman–Crippen LogP) is 4.94. The van der Waals surface area contributed by atoms with Gasteiger partial charge in [-0.2, -0.15) is 0 Å². The summed E-state index contributed by atoms with van der Waals surface area (Å²) in [4.78, 5) is 25.1. The summed E-state index contributed by atoms with van der Waals surface area (Å²) in [7, 11) is 0. The van der Waals surface area contributed by atoms with Gasteiger partial charge >= 0.3 is 0 Å². The van der Waals surface area contributed by atoms with Gasteiger partial charge in [0.1, 0.15) is 5.75 Å². The van der Waals surface area contributed by atoms with Gasteiger partial charge in [0.05, 0.1) is 11.4 Å². The third-order valence-corrected chi connectivity index (χ3v) is 5.74. The number of carbonyl (C=O) groups is 2. The highest BCUT2D eigenvalue weighted by Crippen LogP contribution is 2.34. The zero-order valence-corrected chi connectivity index (χ0v) is 16.6. The molecule has 2 amide bonds. The van der Waals surface area contributed by atoms with E-state index in [9.17, 15) is 9.59 Å². The van der Waals surface area contributed by atoms with E-state index in [4.69, 9.17) is 16.3 Å². The van der Waals surface area contributed by atoms with Gasteiger partial charge in [0.25, 0.3) is 5.91 Å². The van der Waals surface area contributed by atoms with Gasteiger partial charge in [-0.15, -0.1) is 11.8 Å². The summed E-state index contributed by atoms with van der Waals surface area (Å²) in [6, 6.07) is 16.8. The van der Waals surface area contributed by atoms with Crippen LogP contribution in [0.1, 0.15) is 6.92 Å². The Balaban J connectivity index is 1.45. The van der Waals surface area contributed by atoms with E-state index in [-0.39, 0.29) is 17.6 Å². The number of halogens is 1. The van der Waals surface area contributed by atoms with Crippen molar-refractivity contribution in [2.75, 3.05) is 16.4 Å². The largest absolute Gasteiger partial charge is 0.479 e. The highest BCUT2D eigenvalue weighted by molar-refractivity contribution is 8.00. The lowest BCUT2D eigenvalue weighted by Crippen LogP contribution is -2.34. The first kappa shape index (κ1) is 18.7. The van der Waals surface area contributed by atoms with Gasteiger partial charge in [-0.25, -0.2) is 0 Å². The Kier molecular flexibility index (Phi) is 5.15. The van der Waals surface area contributed by atoms with E-state index in [1.165, 1.54) is 11.8 Å². The second-order valence-corrected chi connectivity index (χ2v) is 7.82. The highest BCUT2D eigenvalue weighted by atomic mass is 35.5. The summed E-state index contributed by atoms with van der Waals surface area (Å²) in [5.41, 5.74) is 1.15. The first-order valence-corrected chi connectivity index (χ1v) is 10.1. The van der Waals surface area contributed by atoms with Gasteiger partial charge < -0.3 is 15.4 Å². The van der Waals surface area contributed by atoms with E-state index in [1.807, 2.05) is 36.4 Å². The summed E-state index contributed by atoms with van der Waals surface area (Å²) in [6.45, 7) is 1.69. The van der Waals surface area contributed by atoms with Crippen LogP contribution in [0.25, 0.3) is 10.8 Å². The minimum absolute atomic E-state index is 0.148. The Bertz CT molecular complexity index is 1080. The molecule has 3 aromatic rings. The molecule has 0 aromatic heterocycles. The van der Waals surface area contributed by atoms with Crippen molar-refractivity contribution in [3.05, 3.63) is 59.6 Å². The van der Waals surface area contributed by atoms with Crippen molar-refractivity contribution in [2.24, 2.45) is 0 Å². The lowest BCUT2D eigenvalue weighted by Gasteiger charge is -2.23. The molecule has 1 unspecified atom stereocenters. The average molecular weight is 413 g/mol. The standard InChI is InChI=1S/C21H17ClN2O3S/c1-12-21(26)24-16-10-14(8-9-17(16)27-12)23-19(25)11-28-18-7-3-5-13-4-2-6-15(22)20(13)18/h2-10,12H,11H2,1H3,(H,23,25)(H,24,26). The maximum absolute atomic E-state index is 12.4. The molecule has 1 atom stereocenters. The zero-order valence-electron chi connectivity index (χ0n) is 15.0. The maximum Gasteiger partial charge on any atom is 0.265 e. The number of nitrogens with one attached hydrogen (secondary N) is 2. The normalized spacial score (nSPS) is 15.5. The molecule has 1 heterocycles. The number of benzene rings is 3. The van der Waals surface area contributed by atoms with E-state index < -0.39 is 6.10 Å². The van der Waals surface area contributed by atoms with E-state index in [2.05, 4.69) is 10.6 Å². The van der Waals surface area contributed by atoms with E-state index in [1.54, 1.807) is 25.1 Å². The number of amides is 2. The second-order valence-electron chi connectivity index (χ2n) is 6.39. The molecule has 4 rings (SSSR count). The number of ether oxygens (including phenoxy) is 1. The van der Waals surface area contributed by atoms with E-state index in [0.29, 0.717) is 22.1 Å². The van der Waals surface area contributed by atoms with Crippen LogP contribution in [0.15, 0.2) is 59.5 Å². The number of hydrogen-bond donors (Lipinski definition) is 2. The van der Waals surface area contributed by atoms with Crippen molar-refractivity contribution in [2.45, 2.75) is 17.9 Å². The molecule has 3 aromatic carbocycles. The topological polar surface area (TPSA) is 67.4 Å². The molecule has 0 saturated carbocycles.